The predicted molar refractivity (Wildman–Crippen MR) is 69.7 cm³/mol. The second-order valence-corrected chi connectivity index (χ2v) is 4.09. The number of nitro groups is 1. The normalized spacial score (nSPS) is 11.8. The number of H-pyrrole nitrogens is 1. The lowest BCUT2D eigenvalue weighted by molar-refractivity contribution is -0.385. The molecule has 0 saturated heterocycles. The number of aromatic amines is 1. The number of aromatic nitrogens is 2. The van der Waals surface area contributed by atoms with Gasteiger partial charge in [0.25, 0.3) is 12.2 Å². The number of rotatable bonds is 6. The van der Waals surface area contributed by atoms with Crippen molar-refractivity contribution in [3.63, 3.8) is 0 Å². The molecule has 0 saturated carbocycles. The number of benzene rings is 1. The van der Waals surface area contributed by atoms with Crippen LogP contribution in [0.1, 0.15) is 17.2 Å². The number of non-ortho nitro benzene ring substituents is 1. The van der Waals surface area contributed by atoms with Gasteiger partial charge in [-0.05, 0) is 5.56 Å². The van der Waals surface area contributed by atoms with Crippen molar-refractivity contribution < 1.29 is 14.5 Å². The van der Waals surface area contributed by atoms with E-state index in [-0.39, 0.29) is 12.1 Å². The monoisotopic (exact) mass is 276 g/mol. The number of carbonyl (C=O) groups excluding carboxylic acids is 1. The maximum atomic E-state index is 10.8. The molecule has 104 valence electrons. The van der Waals surface area contributed by atoms with Crippen LogP contribution in [-0.2, 0) is 16.0 Å². The van der Waals surface area contributed by atoms with E-state index in [1.807, 2.05) is 0 Å². The molecule has 0 radical (unpaired) electrons. The fourth-order valence-electron chi connectivity index (χ4n) is 1.83. The van der Waals surface area contributed by atoms with Crippen LogP contribution in [0.3, 0.4) is 0 Å². The number of carbonyl (C=O) groups is 1. The second kappa shape index (κ2) is 5.83. The highest BCUT2D eigenvalue weighted by atomic mass is 16.6. The summed E-state index contributed by atoms with van der Waals surface area (Å²) in [4.78, 5) is 20.9. The highest BCUT2D eigenvalue weighted by Crippen LogP contribution is 2.26. The van der Waals surface area contributed by atoms with E-state index in [0.29, 0.717) is 23.4 Å². The van der Waals surface area contributed by atoms with Gasteiger partial charge < -0.3 is 10.5 Å². The van der Waals surface area contributed by atoms with E-state index in [2.05, 4.69) is 10.2 Å². The van der Waals surface area contributed by atoms with Crippen LogP contribution < -0.4 is 5.73 Å². The molecule has 20 heavy (non-hydrogen) atoms. The van der Waals surface area contributed by atoms with Crippen LogP contribution in [-0.4, -0.2) is 21.6 Å². The summed E-state index contributed by atoms with van der Waals surface area (Å²) in [7, 11) is 0. The summed E-state index contributed by atoms with van der Waals surface area (Å²) < 4.78 is 4.99. The van der Waals surface area contributed by atoms with E-state index in [9.17, 15) is 14.9 Å². The number of ether oxygens (including phenoxy) is 1. The zero-order chi connectivity index (χ0) is 14.5. The van der Waals surface area contributed by atoms with E-state index < -0.39 is 11.0 Å². The number of nitrogens with zero attached hydrogens (tertiary/aromatic N) is 2. The van der Waals surface area contributed by atoms with E-state index in [1.54, 1.807) is 6.07 Å². The zero-order valence-corrected chi connectivity index (χ0v) is 10.4. The third-order valence-electron chi connectivity index (χ3n) is 2.83. The molecule has 0 fully saturated rings. The minimum absolute atomic E-state index is 0.0674. The first kappa shape index (κ1) is 13.5. The van der Waals surface area contributed by atoms with Crippen LogP contribution >= 0.6 is 0 Å². The van der Waals surface area contributed by atoms with Crippen molar-refractivity contribution in [2.45, 2.75) is 12.5 Å². The molecule has 0 bridgehead atoms. The van der Waals surface area contributed by atoms with Gasteiger partial charge in [0.15, 0.2) is 0 Å². The van der Waals surface area contributed by atoms with Crippen molar-refractivity contribution in [3.05, 3.63) is 51.7 Å². The van der Waals surface area contributed by atoms with E-state index in [0.717, 1.165) is 0 Å². The minimum Gasteiger partial charge on any atom is -0.459 e. The summed E-state index contributed by atoms with van der Waals surface area (Å²) in [5.74, 6) is 0.370. The third kappa shape index (κ3) is 2.91. The van der Waals surface area contributed by atoms with Crippen LogP contribution in [0.4, 0.5) is 11.5 Å². The quantitative estimate of drug-likeness (QED) is 0.466. The molecule has 1 unspecified atom stereocenters. The van der Waals surface area contributed by atoms with Crippen LogP contribution in [0.2, 0.25) is 0 Å². The van der Waals surface area contributed by atoms with Gasteiger partial charge in [0.05, 0.1) is 11.1 Å². The average molecular weight is 276 g/mol. The standard InChI is InChI=1S/C12H12N4O4/c13-12-9(6-14-15-12)5-11(20-7-17)8-2-1-3-10(4-8)16(18)19/h1-4,6-7,11H,5H2,(H3,13,14,15). The Morgan fingerprint density at radius 2 is 2.35 bits per heavy atom. The van der Waals surface area contributed by atoms with Crippen molar-refractivity contribution in [3.8, 4) is 0 Å². The maximum absolute atomic E-state index is 10.8. The van der Waals surface area contributed by atoms with Crippen LogP contribution in [0.15, 0.2) is 30.5 Å². The summed E-state index contributed by atoms with van der Waals surface area (Å²) in [6.45, 7) is 0.305. The van der Waals surface area contributed by atoms with Crippen LogP contribution in [0, 0.1) is 10.1 Å². The maximum Gasteiger partial charge on any atom is 0.293 e. The van der Waals surface area contributed by atoms with Crippen molar-refractivity contribution in [1.29, 1.82) is 0 Å². The second-order valence-electron chi connectivity index (χ2n) is 4.09. The van der Waals surface area contributed by atoms with Crippen molar-refractivity contribution in [2.75, 3.05) is 5.73 Å². The molecule has 1 aromatic heterocycles. The Hall–Kier alpha value is -2.90. The molecule has 8 nitrogen and oxygen atoms in total. The summed E-state index contributed by atoms with van der Waals surface area (Å²) in [5, 5.41) is 17.1. The topological polar surface area (TPSA) is 124 Å². The summed E-state index contributed by atoms with van der Waals surface area (Å²) in [6.07, 6.45) is 1.14. The third-order valence-corrected chi connectivity index (χ3v) is 2.83. The average Bonchev–Trinajstić information content (AvgIpc) is 2.84. The van der Waals surface area contributed by atoms with E-state index in [1.165, 1.54) is 24.4 Å². The Morgan fingerprint density at radius 1 is 1.55 bits per heavy atom. The molecule has 0 aliphatic rings. The molecule has 0 aliphatic heterocycles. The zero-order valence-electron chi connectivity index (χ0n) is 10.4. The highest BCUT2D eigenvalue weighted by Gasteiger charge is 2.18. The summed E-state index contributed by atoms with van der Waals surface area (Å²) in [6, 6.07) is 5.92. The molecule has 8 heteroatoms. The number of nitrogens with two attached hydrogens (primary N) is 1. The van der Waals surface area contributed by atoms with Gasteiger partial charge in [-0.25, -0.2) is 0 Å². The molecule has 1 heterocycles. The number of nitrogen functional groups attached to an aromatic ring is 1. The SMILES string of the molecule is Nc1[nH]ncc1CC(OC=O)c1cccc([N+](=O)[O-])c1. The van der Waals surface area contributed by atoms with Crippen LogP contribution in [0.25, 0.3) is 0 Å². The fourth-order valence-corrected chi connectivity index (χ4v) is 1.83. The Bertz CT molecular complexity index is 625. The molecule has 3 N–H and O–H groups in total. The minimum atomic E-state index is -0.660. The van der Waals surface area contributed by atoms with Gasteiger partial charge in [-0.3, -0.25) is 20.0 Å². The lowest BCUT2D eigenvalue weighted by Gasteiger charge is -2.14. The molecule has 2 aromatic rings. The number of hydrogen-bond donors (Lipinski definition) is 2. The molecular weight excluding hydrogens is 264 g/mol. The lowest BCUT2D eigenvalue weighted by atomic mass is 10.0. The Balaban J connectivity index is 2.28. The van der Waals surface area contributed by atoms with Gasteiger partial charge in [0.1, 0.15) is 11.9 Å². The molecular formula is C12H12N4O4. The van der Waals surface area contributed by atoms with Crippen molar-refractivity contribution >= 4 is 18.0 Å². The van der Waals surface area contributed by atoms with E-state index in [4.69, 9.17) is 10.5 Å². The summed E-state index contributed by atoms with van der Waals surface area (Å²) in [5.41, 5.74) is 6.79. The molecule has 1 aromatic carbocycles. The molecule has 0 aliphatic carbocycles. The summed E-state index contributed by atoms with van der Waals surface area (Å²) >= 11 is 0. The number of nitrogens with one attached hydrogen (secondary N) is 1. The van der Waals surface area contributed by atoms with E-state index >= 15 is 0 Å². The number of hydrogen-bond acceptors (Lipinski definition) is 6. The van der Waals surface area contributed by atoms with Crippen molar-refractivity contribution in [1.82, 2.24) is 10.2 Å². The smallest absolute Gasteiger partial charge is 0.293 e. The first-order valence-corrected chi connectivity index (χ1v) is 5.73. The van der Waals surface area contributed by atoms with Gasteiger partial charge >= 0.3 is 0 Å². The Kier molecular flexibility index (Phi) is 3.94. The largest absolute Gasteiger partial charge is 0.459 e. The first-order chi connectivity index (χ1) is 9.61. The number of nitro benzene ring substituents is 1. The first-order valence-electron chi connectivity index (χ1n) is 5.73. The van der Waals surface area contributed by atoms with Gasteiger partial charge in [0.2, 0.25) is 0 Å². The van der Waals surface area contributed by atoms with Crippen molar-refractivity contribution in [2.24, 2.45) is 0 Å². The van der Waals surface area contributed by atoms with Gasteiger partial charge in [-0.1, -0.05) is 12.1 Å². The number of anilines is 1. The highest BCUT2D eigenvalue weighted by molar-refractivity contribution is 5.43. The van der Waals surface area contributed by atoms with Gasteiger partial charge in [-0.15, -0.1) is 0 Å². The Morgan fingerprint density at radius 3 is 2.95 bits per heavy atom. The lowest BCUT2D eigenvalue weighted by Crippen LogP contribution is -2.08. The molecule has 0 amide bonds. The Labute approximate surface area is 113 Å². The fraction of sp³-hybridized carbons (Fsp3) is 0.167. The van der Waals surface area contributed by atoms with Gasteiger partial charge in [-0.2, -0.15) is 5.10 Å². The van der Waals surface area contributed by atoms with Gasteiger partial charge in [0, 0.05) is 24.1 Å². The van der Waals surface area contributed by atoms with Crippen LogP contribution in [0.5, 0.6) is 0 Å². The molecule has 0 spiro atoms. The molecule has 2 rings (SSSR count). The molecule has 1 atom stereocenters. The predicted octanol–water partition coefficient (Wildman–Crippen LogP) is 1.36.